The number of ether oxygens (including phenoxy) is 5. The number of aromatic hydroxyl groups is 1. The van der Waals surface area contributed by atoms with Gasteiger partial charge in [0.15, 0.2) is 11.5 Å². The molecule has 0 atom stereocenters. The van der Waals surface area contributed by atoms with E-state index in [4.69, 9.17) is 23.7 Å². The number of methoxy groups -OCH3 is 5. The van der Waals surface area contributed by atoms with Crippen LogP contribution in [0.15, 0.2) is 36.4 Å². The number of hydrogen-bond donors (Lipinski definition) is 1. The third-order valence-electron chi connectivity index (χ3n) is 4.70. The van der Waals surface area contributed by atoms with Crippen molar-refractivity contribution in [3.8, 4) is 39.9 Å². The van der Waals surface area contributed by atoms with Crippen LogP contribution in [0.1, 0.15) is 5.56 Å². The fraction of sp³-hybridized carbons (Fsp3) is 0.273. The first-order chi connectivity index (χ1) is 13.6. The van der Waals surface area contributed by atoms with Crippen molar-refractivity contribution in [1.29, 1.82) is 0 Å². The van der Waals surface area contributed by atoms with Crippen molar-refractivity contribution < 1.29 is 28.8 Å². The predicted octanol–water partition coefficient (Wildman–Crippen LogP) is 4.39. The van der Waals surface area contributed by atoms with Crippen LogP contribution in [0.4, 0.5) is 0 Å². The molecule has 0 radical (unpaired) electrons. The van der Waals surface area contributed by atoms with Gasteiger partial charge in [-0.05, 0) is 23.8 Å². The molecule has 3 aromatic rings. The van der Waals surface area contributed by atoms with E-state index in [1.807, 2.05) is 24.3 Å². The third-order valence-corrected chi connectivity index (χ3v) is 4.70. The van der Waals surface area contributed by atoms with E-state index in [2.05, 4.69) is 0 Å². The highest BCUT2D eigenvalue weighted by Crippen LogP contribution is 2.50. The summed E-state index contributed by atoms with van der Waals surface area (Å²) in [6, 6.07) is 11.0. The van der Waals surface area contributed by atoms with Gasteiger partial charge in [-0.15, -0.1) is 0 Å². The zero-order valence-corrected chi connectivity index (χ0v) is 16.7. The minimum atomic E-state index is 0.0668. The summed E-state index contributed by atoms with van der Waals surface area (Å²) < 4.78 is 27.5. The molecular formula is C22H24O6. The van der Waals surface area contributed by atoms with E-state index in [0.717, 1.165) is 10.9 Å². The molecule has 0 spiro atoms. The largest absolute Gasteiger partial charge is 0.507 e. The summed E-state index contributed by atoms with van der Waals surface area (Å²) in [5, 5.41) is 12.5. The molecule has 0 aliphatic rings. The smallest absolute Gasteiger partial charge is 0.169 e. The van der Waals surface area contributed by atoms with E-state index in [9.17, 15) is 5.11 Å². The van der Waals surface area contributed by atoms with Crippen LogP contribution < -0.4 is 18.9 Å². The first-order valence-corrected chi connectivity index (χ1v) is 8.71. The maximum absolute atomic E-state index is 11.2. The van der Waals surface area contributed by atoms with Gasteiger partial charge in [0.25, 0.3) is 0 Å². The van der Waals surface area contributed by atoms with Crippen molar-refractivity contribution in [2.24, 2.45) is 0 Å². The molecule has 0 aromatic heterocycles. The molecule has 28 heavy (non-hydrogen) atoms. The van der Waals surface area contributed by atoms with Crippen molar-refractivity contribution >= 4 is 10.8 Å². The lowest BCUT2D eigenvalue weighted by Gasteiger charge is -2.20. The summed E-state index contributed by atoms with van der Waals surface area (Å²) >= 11 is 0. The number of benzene rings is 3. The van der Waals surface area contributed by atoms with Crippen LogP contribution in [0, 0.1) is 0 Å². The van der Waals surface area contributed by atoms with Gasteiger partial charge in [-0.2, -0.15) is 0 Å². The van der Waals surface area contributed by atoms with Crippen LogP contribution in [0.5, 0.6) is 28.7 Å². The van der Waals surface area contributed by atoms with Gasteiger partial charge < -0.3 is 28.8 Å². The molecule has 0 saturated carbocycles. The average molecular weight is 384 g/mol. The van der Waals surface area contributed by atoms with Gasteiger partial charge in [0.1, 0.15) is 17.2 Å². The molecular weight excluding hydrogens is 360 g/mol. The lowest BCUT2D eigenvalue weighted by molar-refractivity contribution is 0.185. The Balaban J connectivity index is 2.46. The van der Waals surface area contributed by atoms with Crippen LogP contribution in [0.25, 0.3) is 21.9 Å². The Bertz CT molecular complexity index is 996. The molecule has 3 aromatic carbocycles. The van der Waals surface area contributed by atoms with Gasteiger partial charge >= 0.3 is 0 Å². The van der Waals surface area contributed by atoms with Crippen molar-refractivity contribution in [3.05, 3.63) is 42.0 Å². The van der Waals surface area contributed by atoms with Crippen molar-refractivity contribution in [3.63, 3.8) is 0 Å². The van der Waals surface area contributed by atoms with Gasteiger partial charge in [-0.25, -0.2) is 0 Å². The van der Waals surface area contributed by atoms with Gasteiger partial charge in [0, 0.05) is 23.6 Å². The molecule has 0 heterocycles. The number of phenols is 1. The second-order valence-corrected chi connectivity index (χ2v) is 6.13. The van der Waals surface area contributed by atoms with E-state index >= 15 is 0 Å². The van der Waals surface area contributed by atoms with Crippen LogP contribution in [0.2, 0.25) is 0 Å². The SMILES string of the molecule is COCc1ccc(OC)c(OC)c1-c1cc(OC)c2cccc(OC)c2c1O. The van der Waals surface area contributed by atoms with Gasteiger partial charge in [0.2, 0.25) is 0 Å². The zero-order valence-electron chi connectivity index (χ0n) is 16.7. The fourth-order valence-corrected chi connectivity index (χ4v) is 3.46. The van der Waals surface area contributed by atoms with Gasteiger partial charge in [-0.1, -0.05) is 18.2 Å². The maximum atomic E-state index is 11.2. The highest BCUT2D eigenvalue weighted by Gasteiger charge is 2.23. The second-order valence-electron chi connectivity index (χ2n) is 6.13. The Morgan fingerprint density at radius 3 is 2.11 bits per heavy atom. The summed E-state index contributed by atoms with van der Waals surface area (Å²) in [6.07, 6.45) is 0. The first-order valence-electron chi connectivity index (χ1n) is 8.71. The molecule has 0 amide bonds. The number of hydrogen-bond acceptors (Lipinski definition) is 6. The monoisotopic (exact) mass is 384 g/mol. The minimum absolute atomic E-state index is 0.0668. The third kappa shape index (κ3) is 3.16. The summed E-state index contributed by atoms with van der Waals surface area (Å²) in [4.78, 5) is 0. The Kier molecular flexibility index (Phi) is 5.80. The van der Waals surface area contributed by atoms with Crippen molar-refractivity contribution in [2.45, 2.75) is 6.61 Å². The van der Waals surface area contributed by atoms with Crippen molar-refractivity contribution in [2.75, 3.05) is 35.5 Å². The summed E-state index contributed by atoms with van der Waals surface area (Å²) in [6.45, 7) is 0.335. The molecule has 0 bridgehead atoms. The van der Waals surface area contributed by atoms with Crippen LogP contribution in [0.3, 0.4) is 0 Å². The molecule has 1 N–H and O–H groups in total. The topological polar surface area (TPSA) is 66.4 Å². The zero-order chi connectivity index (χ0) is 20.3. The highest BCUT2D eigenvalue weighted by atomic mass is 16.5. The molecule has 0 saturated heterocycles. The summed E-state index contributed by atoms with van der Waals surface area (Å²) in [5.74, 6) is 2.27. The number of fused-ring (bicyclic) bond motifs is 1. The Hall–Kier alpha value is -3.12. The van der Waals surface area contributed by atoms with Crippen LogP contribution in [-0.4, -0.2) is 40.7 Å². The molecule has 0 unspecified atom stereocenters. The lowest BCUT2D eigenvalue weighted by Crippen LogP contribution is -2.00. The molecule has 0 aliphatic carbocycles. The van der Waals surface area contributed by atoms with E-state index < -0.39 is 0 Å². The van der Waals surface area contributed by atoms with E-state index in [1.165, 1.54) is 0 Å². The normalized spacial score (nSPS) is 10.8. The number of rotatable bonds is 7. The second kappa shape index (κ2) is 8.27. The fourth-order valence-electron chi connectivity index (χ4n) is 3.46. The molecule has 148 valence electrons. The lowest BCUT2D eigenvalue weighted by atomic mass is 9.93. The van der Waals surface area contributed by atoms with Crippen LogP contribution >= 0.6 is 0 Å². The minimum Gasteiger partial charge on any atom is -0.507 e. The molecule has 0 fully saturated rings. The van der Waals surface area contributed by atoms with E-state index in [1.54, 1.807) is 47.7 Å². The Morgan fingerprint density at radius 2 is 1.50 bits per heavy atom. The van der Waals surface area contributed by atoms with Gasteiger partial charge in [-0.3, -0.25) is 0 Å². The standard InChI is InChI=1S/C22H24O6/c1-24-12-13-9-10-17(26-3)22(28-5)19(13)15-11-18(27-4)14-7-6-8-16(25-2)20(14)21(15)23/h6-11,23H,12H2,1-5H3. The Morgan fingerprint density at radius 1 is 0.786 bits per heavy atom. The Labute approximate surface area is 164 Å². The highest BCUT2D eigenvalue weighted by molar-refractivity contribution is 6.03. The summed E-state index contributed by atoms with van der Waals surface area (Å²) in [7, 11) is 7.91. The maximum Gasteiger partial charge on any atom is 0.169 e. The molecule has 6 heteroatoms. The van der Waals surface area contributed by atoms with Gasteiger partial charge in [0.05, 0.1) is 40.4 Å². The predicted molar refractivity (Wildman–Crippen MR) is 108 cm³/mol. The summed E-state index contributed by atoms with van der Waals surface area (Å²) in [5.41, 5.74) is 2.05. The van der Waals surface area contributed by atoms with E-state index in [-0.39, 0.29) is 5.75 Å². The molecule has 3 rings (SSSR count). The van der Waals surface area contributed by atoms with Crippen molar-refractivity contribution in [1.82, 2.24) is 0 Å². The molecule has 6 nitrogen and oxygen atoms in total. The number of phenolic OH excluding ortho intramolecular Hbond substituents is 1. The van der Waals surface area contributed by atoms with E-state index in [0.29, 0.717) is 46.1 Å². The van der Waals surface area contributed by atoms with Crippen LogP contribution in [-0.2, 0) is 11.3 Å². The first kappa shape index (κ1) is 19.6. The quantitative estimate of drug-likeness (QED) is 0.652. The molecule has 0 aliphatic heterocycles. The average Bonchev–Trinajstić information content (AvgIpc) is 2.73.